The van der Waals surface area contributed by atoms with Gasteiger partial charge in [-0.25, -0.2) is 9.37 Å². The molecule has 0 unspecified atom stereocenters. The van der Waals surface area contributed by atoms with Crippen LogP contribution in [0.15, 0.2) is 78.0 Å². The number of rotatable bonds is 8. The van der Waals surface area contributed by atoms with Crippen LogP contribution in [-0.2, 0) is 18.8 Å². The largest absolute Gasteiger partial charge is 0.348 e. The van der Waals surface area contributed by atoms with Gasteiger partial charge in [0.05, 0.1) is 17.8 Å². The van der Waals surface area contributed by atoms with Gasteiger partial charge < -0.3 is 5.32 Å². The van der Waals surface area contributed by atoms with Crippen LogP contribution >= 0.6 is 11.8 Å². The molecule has 4 aromatic rings. The standard InChI is InChI=1S/C26H25FN4OS/c1-18-24(19(2)31(30-18)16-20-7-4-3-5-8-20)15-29-25(32)23-9-6-14-28-26(23)33-17-21-10-12-22(27)13-11-21/h3-14H,15-17H2,1-2H3,(H,29,32). The molecule has 2 aromatic carbocycles. The molecule has 0 radical (unpaired) electrons. The molecule has 0 saturated heterocycles. The Morgan fingerprint density at radius 3 is 2.52 bits per heavy atom. The highest BCUT2D eigenvalue weighted by Gasteiger charge is 2.16. The van der Waals surface area contributed by atoms with Crippen LogP contribution in [-0.4, -0.2) is 20.7 Å². The van der Waals surface area contributed by atoms with E-state index in [1.165, 1.54) is 29.5 Å². The molecule has 0 atom stereocenters. The van der Waals surface area contributed by atoms with Crippen LogP contribution in [0.5, 0.6) is 0 Å². The average Bonchev–Trinajstić information content (AvgIpc) is 3.10. The van der Waals surface area contributed by atoms with Gasteiger partial charge in [-0.3, -0.25) is 9.48 Å². The monoisotopic (exact) mass is 460 g/mol. The van der Waals surface area contributed by atoms with Crippen LogP contribution in [0.3, 0.4) is 0 Å². The molecule has 1 amide bonds. The van der Waals surface area contributed by atoms with Crippen molar-refractivity contribution in [2.75, 3.05) is 0 Å². The summed E-state index contributed by atoms with van der Waals surface area (Å²) in [5, 5.41) is 8.34. The smallest absolute Gasteiger partial charge is 0.254 e. The summed E-state index contributed by atoms with van der Waals surface area (Å²) in [6, 6.07) is 20.1. The number of thioether (sulfide) groups is 1. The minimum Gasteiger partial charge on any atom is -0.348 e. The first-order chi connectivity index (χ1) is 16.0. The lowest BCUT2D eigenvalue weighted by Crippen LogP contribution is -2.24. The number of hydrogen-bond donors (Lipinski definition) is 1. The molecule has 4 rings (SSSR count). The summed E-state index contributed by atoms with van der Waals surface area (Å²) < 4.78 is 15.1. The molecule has 0 fully saturated rings. The van der Waals surface area contributed by atoms with Crippen LogP contribution < -0.4 is 5.32 Å². The van der Waals surface area contributed by atoms with Gasteiger partial charge in [-0.2, -0.15) is 5.10 Å². The van der Waals surface area contributed by atoms with Crippen molar-refractivity contribution in [3.63, 3.8) is 0 Å². The quantitative estimate of drug-likeness (QED) is 0.362. The number of amides is 1. The number of benzene rings is 2. The first-order valence-corrected chi connectivity index (χ1v) is 11.7. The van der Waals surface area contributed by atoms with Crippen molar-refractivity contribution >= 4 is 17.7 Å². The van der Waals surface area contributed by atoms with Gasteiger partial charge in [0, 0.05) is 29.8 Å². The summed E-state index contributed by atoms with van der Waals surface area (Å²) >= 11 is 1.46. The molecule has 2 aromatic heterocycles. The number of hydrogen-bond acceptors (Lipinski definition) is 4. The summed E-state index contributed by atoms with van der Waals surface area (Å²) in [5.41, 5.74) is 5.63. The molecule has 0 bridgehead atoms. The summed E-state index contributed by atoms with van der Waals surface area (Å²) in [6.07, 6.45) is 1.67. The molecule has 5 nitrogen and oxygen atoms in total. The van der Waals surface area contributed by atoms with Gasteiger partial charge in [0.2, 0.25) is 0 Å². The van der Waals surface area contributed by atoms with Crippen LogP contribution in [0.4, 0.5) is 4.39 Å². The van der Waals surface area contributed by atoms with Crippen LogP contribution in [0.1, 0.15) is 38.4 Å². The maximum absolute atomic E-state index is 13.1. The van der Waals surface area contributed by atoms with Gasteiger partial charge in [-0.1, -0.05) is 42.5 Å². The summed E-state index contributed by atoms with van der Waals surface area (Å²) in [6.45, 7) is 5.07. The zero-order chi connectivity index (χ0) is 23.2. The van der Waals surface area contributed by atoms with Crippen LogP contribution in [0.2, 0.25) is 0 Å². The minimum atomic E-state index is -0.265. The molecule has 0 spiro atoms. The Kier molecular flexibility index (Phi) is 7.19. The maximum Gasteiger partial charge on any atom is 0.254 e. The number of aryl methyl sites for hydroxylation is 1. The third-order valence-corrected chi connectivity index (χ3v) is 6.51. The number of carbonyl (C=O) groups is 1. The molecule has 7 heteroatoms. The van der Waals surface area contributed by atoms with Crippen molar-refractivity contribution in [2.24, 2.45) is 0 Å². The predicted molar refractivity (Wildman–Crippen MR) is 129 cm³/mol. The van der Waals surface area contributed by atoms with E-state index < -0.39 is 0 Å². The Morgan fingerprint density at radius 2 is 1.76 bits per heavy atom. The first-order valence-electron chi connectivity index (χ1n) is 10.7. The van der Waals surface area contributed by atoms with Gasteiger partial charge in [0.25, 0.3) is 5.91 Å². The Labute approximate surface area is 197 Å². The number of halogens is 1. The zero-order valence-corrected chi connectivity index (χ0v) is 19.4. The van der Waals surface area contributed by atoms with E-state index >= 15 is 0 Å². The van der Waals surface area contributed by atoms with Gasteiger partial charge >= 0.3 is 0 Å². The summed E-state index contributed by atoms with van der Waals surface area (Å²) in [4.78, 5) is 17.4. The fourth-order valence-corrected chi connectivity index (χ4v) is 4.52. The third-order valence-electron chi connectivity index (χ3n) is 5.44. The summed E-state index contributed by atoms with van der Waals surface area (Å²) in [7, 11) is 0. The second-order valence-electron chi connectivity index (χ2n) is 7.75. The lowest BCUT2D eigenvalue weighted by Gasteiger charge is -2.10. The van der Waals surface area contributed by atoms with Crippen molar-refractivity contribution in [1.29, 1.82) is 0 Å². The molecule has 1 N–H and O–H groups in total. The average molecular weight is 461 g/mol. The summed E-state index contributed by atoms with van der Waals surface area (Å²) in [5.74, 6) is 0.154. The topological polar surface area (TPSA) is 59.8 Å². The van der Waals surface area contributed by atoms with E-state index in [1.54, 1.807) is 30.5 Å². The van der Waals surface area contributed by atoms with E-state index in [2.05, 4.69) is 27.5 Å². The number of aromatic nitrogens is 3. The van der Waals surface area contributed by atoms with Crippen molar-refractivity contribution < 1.29 is 9.18 Å². The normalized spacial score (nSPS) is 10.9. The number of carbonyl (C=O) groups excluding carboxylic acids is 1. The highest BCUT2D eigenvalue weighted by Crippen LogP contribution is 2.24. The first kappa shape index (κ1) is 22.7. The maximum atomic E-state index is 13.1. The fourth-order valence-electron chi connectivity index (χ4n) is 3.58. The van der Waals surface area contributed by atoms with E-state index in [0.29, 0.717) is 29.4 Å². The minimum absolute atomic E-state index is 0.181. The van der Waals surface area contributed by atoms with Crippen LogP contribution in [0.25, 0.3) is 0 Å². The second-order valence-corrected chi connectivity index (χ2v) is 8.71. The highest BCUT2D eigenvalue weighted by molar-refractivity contribution is 7.98. The predicted octanol–water partition coefficient (Wildman–Crippen LogP) is 5.30. The van der Waals surface area contributed by atoms with E-state index in [9.17, 15) is 9.18 Å². The molecular formula is C26H25FN4OS. The van der Waals surface area contributed by atoms with Crippen molar-refractivity contribution in [3.05, 3.63) is 112 Å². The lowest BCUT2D eigenvalue weighted by molar-refractivity contribution is 0.0947. The third kappa shape index (κ3) is 5.68. The zero-order valence-electron chi connectivity index (χ0n) is 18.6. The number of nitrogens with zero attached hydrogens (tertiary/aromatic N) is 3. The molecule has 168 valence electrons. The molecule has 0 saturated carbocycles. The molecule has 0 aliphatic heterocycles. The Bertz CT molecular complexity index is 1240. The van der Waals surface area contributed by atoms with E-state index in [-0.39, 0.29) is 11.7 Å². The lowest BCUT2D eigenvalue weighted by atomic mass is 10.2. The molecular weight excluding hydrogens is 435 g/mol. The highest BCUT2D eigenvalue weighted by atomic mass is 32.2. The number of nitrogens with one attached hydrogen (secondary N) is 1. The van der Waals surface area contributed by atoms with E-state index in [0.717, 1.165) is 22.5 Å². The van der Waals surface area contributed by atoms with Crippen molar-refractivity contribution in [3.8, 4) is 0 Å². The second kappa shape index (κ2) is 10.4. The molecule has 2 heterocycles. The van der Waals surface area contributed by atoms with Crippen molar-refractivity contribution in [2.45, 2.75) is 37.7 Å². The Balaban J connectivity index is 1.42. The van der Waals surface area contributed by atoms with E-state index in [1.807, 2.05) is 36.7 Å². The van der Waals surface area contributed by atoms with E-state index in [4.69, 9.17) is 0 Å². The van der Waals surface area contributed by atoms with Crippen LogP contribution in [0, 0.1) is 19.7 Å². The van der Waals surface area contributed by atoms with Gasteiger partial charge in [-0.05, 0) is 49.2 Å². The molecule has 33 heavy (non-hydrogen) atoms. The fraction of sp³-hybridized carbons (Fsp3) is 0.192. The Hall–Kier alpha value is -3.45. The SMILES string of the molecule is Cc1nn(Cc2ccccc2)c(C)c1CNC(=O)c1cccnc1SCc1ccc(F)cc1. The number of pyridine rings is 1. The van der Waals surface area contributed by atoms with Gasteiger partial charge in [-0.15, -0.1) is 11.8 Å². The van der Waals surface area contributed by atoms with Gasteiger partial charge in [0.15, 0.2) is 0 Å². The molecule has 0 aliphatic rings. The van der Waals surface area contributed by atoms with Crippen molar-refractivity contribution in [1.82, 2.24) is 20.1 Å². The Morgan fingerprint density at radius 1 is 1.00 bits per heavy atom. The molecule has 0 aliphatic carbocycles. The van der Waals surface area contributed by atoms with Gasteiger partial charge in [0.1, 0.15) is 10.8 Å².